The summed E-state index contributed by atoms with van der Waals surface area (Å²) >= 11 is 0. The van der Waals surface area contributed by atoms with Crippen LogP contribution in [0.4, 0.5) is 0 Å². The number of fused-ring (bicyclic) bond motifs is 1. The van der Waals surface area contributed by atoms with Gasteiger partial charge in [-0.25, -0.2) is 0 Å². The van der Waals surface area contributed by atoms with E-state index in [9.17, 15) is 0 Å². The van der Waals surface area contributed by atoms with Gasteiger partial charge in [-0.05, 0) is 30.2 Å². The Morgan fingerprint density at radius 3 is 3.00 bits per heavy atom. The second-order valence-electron chi connectivity index (χ2n) is 5.21. The summed E-state index contributed by atoms with van der Waals surface area (Å²) in [5.74, 6) is 0.926. The number of benzene rings is 1. The lowest BCUT2D eigenvalue weighted by molar-refractivity contribution is 0.414. The number of hydrogen-bond donors (Lipinski definition) is 2. The van der Waals surface area contributed by atoms with Crippen LogP contribution in [0.3, 0.4) is 0 Å². The molecule has 0 amide bonds. The highest BCUT2D eigenvalue weighted by Gasteiger charge is 2.16. The minimum atomic E-state index is 0.519. The molecule has 1 saturated heterocycles. The van der Waals surface area contributed by atoms with E-state index in [4.69, 9.17) is 4.74 Å². The first-order chi connectivity index (χ1) is 9.28. The first-order valence-electron chi connectivity index (χ1n) is 6.84. The fourth-order valence-corrected chi connectivity index (χ4v) is 2.87. The highest BCUT2D eigenvalue weighted by Crippen LogP contribution is 2.26. The number of ether oxygens (including phenoxy) is 1. The molecule has 1 fully saturated rings. The first-order valence-corrected chi connectivity index (χ1v) is 6.84. The maximum Gasteiger partial charge on any atom is 0.119 e. The van der Waals surface area contributed by atoms with Gasteiger partial charge in [-0.3, -0.25) is 0 Å². The maximum atomic E-state index is 5.34. The van der Waals surface area contributed by atoms with Gasteiger partial charge in [0.1, 0.15) is 5.75 Å². The monoisotopic (exact) mass is 259 g/mol. The Balaban J connectivity index is 1.93. The zero-order valence-electron chi connectivity index (χ0n) is 11.6. The van der Waals surface area contributed by atoms with Gasteiger partial charge in [0.2, 0.25) is 0 Å². The molecule has 1 unspecified atom stereocenters. The first kappa shape index (κ1) is 12.5. The van der Waals surface area contributed by atoms with Crippen molar-refractivity contribution in [3.63, 3.8) is 0 Å². The van der Waals surface area contributed by atoms with Gasteiger partial charge in [-0.2, -0.15) is 0 Å². The van der Waals surface area contributed by atoms with Crippen LogP contribution < -0.4 is 15.4 Å². The van der Waals surface area contributed by atoms with Crippen LogP contribution in [0.5, 0.6) is 5.75 Å². The number of methoxy groups -OCH3 is 1. The minimum absolute atomic E-state index is 0.519. The average Bonchev–Trinajstić information content (AvgIpc) is 2.76. The summed E-state index contributed by atoms with van der Waals surface area (Å²) < 4.78 is 7.53. The third-order valence-electron chi connectivity index (χ3n) is 3.87. The van der Waals surface area contributed by atoms with Gasteiger partial charge >= 0.3 is 0 Å². The lowest BCUT2D eigenvalue weighted by Crippen LogP contribution is -2.49. The zero-order chi connectivity index (χ0) is 13.2. The normalized spacial score (nSPS) is 19.8. The fourth-order valence-electron chi connectivity index (χ4n) is 2.87. The summed E-state index contributed by atoms with van der Waals surface area (Å²) in [5, 5.41) is 8.31. The Morgan fingerprint density at radius 2 is 2.26 bits per heavy atom. The highest BCUT2D eigenvalue weighted by molar-refractivity contribution is 5.85. The quantitative estimate of drug-likeness (QED) is 0.872. The number of nitrogens with one attached hydrogen (secondary N) is 2. The van der Waals surface area contributed by atoms with Gasteiger partial charge < -0.3 is 19.9 Å². The van der Waals surface area contributed by atoms with E-state index in [1.165, 1.54) is 16.5 Å². The molecule has 2 N–H and O–H groups in total. The van der Waals surface area contributed by atoms with E-state index in [2.05, 4.69) is 40.6 Å². The molecular formula is C15H21N3O. The predicted octanol–water partition coefficient (Wildman–Crippen LogP) is 1.29. The second kappa shape index (κ2) is 5.23. The van der Waals surface area contributed by atoms with E-state index in [1.54, 1.807) is 7.11 Å². The summed E-state index contributed by atoms with van der Waals surface area (Å²) in [5.41, 5.74) is 2.65. The van der Waals surface area contributed by atoms with Gasteiger partial charge in [-0.15, -0.1) is 0 Å². The topological polar surface area (TPSA) is 38.2 Å². The molecule has 0 bridgehead atoms. The van der Waals surface area contributed by atoms with Gasteiger partial charge in [0, 0.05) is 49.8 Å². The SMILES string of the molecule is COc1ccc2c(c1)c(CC1CNCCN1)cn2C. The number of hydrogen-bond acceptors (Lipinski definition) is 3. The van der Waals surface area contributed by atoms with Gasteiger partial charge in [-0.1, -0.05) is 0 Å². The molecule has 1 aromatic carbocycles. The summed E-state index contributed by atoms with van der Waals surface area (Å²) in [6.45, 7) is 3.17. The minimum Gasteiger partial charge on any atom is -0.497 e. The van der Waals surface area contributed by atoms with Crippen LogP contribution in [0, 0.1) is 0 Å². The average molecular weight is 259 g/mol. The van der Waals surface area contributed by atoms with E-state index in [0.29, 0.717) is 6.04 Å². The van der Waals surface area contributed by atoms with Gasteiger partial charge in [0.25, 0.3) is 0 Å². The molecule has 19 heavy (non-hydrogen) atoms. The Morgan fingerprint density at radius 1 is 1.37 bits per heavy atom. The van der Waals surface area contributed by atoms with E-state index >= 15 is 0 Å². The van der Waals surface area contributed by atoms with Crippen molar-refractivity contribution in [1.29, 1.82) is 0 Å². The van der Waals surface area contributed by atoms with Crippen molar-refractivity contribution >= 4 is 10.9 Å². The van der Waals surface area contributed by atoms with Crippen LogP contribution in [-0.4, -0.2) is 37.4 Å². The highest BCUT2D eigenvalue weighted by atomic mass is 16.5. The number of piperazine rings is 1. The van der Waals surface area contributed by atoms with Crippen LogP contribution in [0.15, 0.2) is 24.4 Å². The number of nitrogens with zero attached hydrogens (tertiary/aromatic N) is 1. The number of aromatic nitrogens is 1. The van der Waals surface area contributed by atoms with Crippen LogP contribution in [-0.2, 0) is 13.5 Å². The molecule has 0 saturated carbocycles. The fraction of sp³-hybridized carbons (Fsp3) is 0.467. The lowest BCUT2D eigenvalue weighted by atomic mass is 10.0. The summed E-state index contributed by atoms with van der Waals surface area (Å²) in [6.07, 6.45) is 3.29. The van der Waals surface area contributed by atoms with Crippen molar-refractivity contribution in [2.75, 3.05) is 26.7 Å². The van der Waals surface area contributed by atoms with Crippen LogP contribution in [0.1, 0.15) is 5.56 Å². The Bertz CT molecular complexity index is 570. The molecule has 3 rings (SSSR count). The summed E-state index contributed by atoms with van der Waals surface area (Å²) in [7, 11) is 3.82. The molecule has 2 heterocycles. The van der Waals surface area contributed by atoms with Gasteiger partial charge in [0.05, 0.1) is 7.11 Å². The molecule has 1 atom stereocenters. The molecule has 1 aliphatic heterocycles. The number of aryl methyl sites for hydroxylation is 1. The number of rotatable bonds is 3. The van der Waals surface area contributed by atoms with Crippen molar-refractivity contribution < 1.29 is 4.74 Å². The predicted molar refractivity (Wildman–Crippen MR) is 77.8 cm³/mol. The third kappa shape index (κ3) is 2.46. The third-order valence-corrected chi connectivity index (χ3v) is 3.87. The molecule has 0 aliphatic carbocycles. The molecular weight excluding hydrogens is 238 g/mol. The van der Waals surface area contributed by atoms with Crippen molar-refractivity contribution in [2.45, 2.75) is 12.5 Å². The van der Waals surface area contributed by atoms with Crippen molar-refractivity contribution in [1.82, 2.24) is 15.2 Å². The molecule has 1 aliphatic rings. The molecule has 0 radical (unpaired) electrons. The van der Waals surface area contributed by atoms with Crippen molar-refractivity contribution in [3.05, 3.63) is 30.0 Å². The molecule has 2 aromatic rings. The molecule has 4 heteroatoms. The summed E-state index contributed by atoms with van der Waals surface area (Å²) in [4.78, 5) is 0. The van der Waals surface area contributed by atoms with E-state index in [1.807, 2.05) is 6.07 Å². The maximum absolute atomic E-state index is 5.34. The smallest absolute Gasteiger partial charge is 0.119 e. The van der Waals surface area contributed by atoms with E-state index in [0.717, 1.165) is 31.8 Å². The molecule has 4 nitrogen and oxygen atoms in total. The lowest BCUT2D eigenvalue weighted by Gasteiger charge is -2.24. The van der Waals surface area contributed by atoms with Gasteiger partial charge in [0.15, 0.2) is 0 Å². The molecule has 1 aromatic heterocycles. The van der Waals surface area contributed by atoms with E-state index in [-0.39, 0.29) is 0 Å². The van der Waals surface area contributed by atoms with Crippen molar-refractivity contribution in [2.24, 2.45) is 7.05 Å². The van der Waals surface area contributed by atoms with Crippen LogP contribution in [0.2, 0.25) is 0 Å². The second-order valence-corrected chi connectivity index (χ2v) is 5.21. The largest absolute Gasteiger partial charge is 0.497 e. The van der Waals surface area contributed by atoms with E-state index < -0.39 is 0 Å². The Hall–Kier alpha value is -1.52. The Kier molecular flexibility index (Phi) is 3.44. The Labute approximate surface area is 113 Å². The van der Waals surface area contributed by atoms with Crippen molar-refractivity contribution in [3.8, 4) is 5.75 Å². The zero-order valence-corrected chi connectivity index (χ0v) is 11.6. The standard InChI is InChI=1S/C15H21N3O/c1-18-10-11(7-12-9-16-5-6-17-12)14-8-13(19-2)3-4-15(14)18/h3-4,8,10,12,16-17H,5-7,9H2,1-2H3. The summed E-state index contributed by atoms with van der Waals surface area (Å²) in [6, 6.07) is 6.81. The molecule has 0 spiro atoms. The van der Waals surface area contributed by atoms with Crippen LogP contribution in [0.25, 0.3) is 10.9 Å². The van der Waals surface area contributed by atoms with Crippen LogP contribution >= 0.6 is 0 Å². The molecule has 102 valence electrons.